The highest BCUT2D eigenvalue weighted by molar-refractivity contribution is 7.99. The van der Waals surface area contributed by atoms with Crippen LogP contribution < -0.4 is 5.32 Å². The van der Waals surface area contributed by atoms with Crippen LogP contribution in [0.3, 0.4) is 0 Å². The van der Waals surface area contributed by atoms with Crippen LogP contribution in [0.25, 0.3) is 0 Å². The summed E-state index contributed by atoms with van der Waals surface area (Å²) in [4.78, 5) is 14.0. The van der Waals surface area contributed by atoms with Crippen LogP contribution in [0.4, 0.5) is 18.9 Å². The largest absolute Gasteiger partial charge is 0.433 e. The fourth-order valence-corrected chi connectivity index (χ4v) is 3.54. The first-order chi connectivity index (χ1) is 13.2. The highest BCUT2D eigenvalue weighted by Gasteiger charge is 2.35. The second-order valence-corrected chi connectivity index (χ2v) is 7.48. The molecule has 0 saturated heterocycles. The molecule has 2 aromatic carbocycles. The van der Waals surface area contributed by atoms with Crippen LogP contribution in [0.2, 0.25) is 5.02 Å². The number of nitrogens with one attached hydrogen (secondary N) is 1. The van der Waals surface area contributed by atoms with E-state index in [9.17, 15) is 18.0 Å². The van der Waals surface area contributed by atoms with Crippen molar-refractivity contribution in [3.63, 3.8) is 0 Å². The number of benzene rings is 2. The van der Waals surface area contributed by atoms with E-state index >= 15 is 0 Å². The Hall–Kier alpha value is -2.45. The molecule has 1 amide bonds. The highest BCUT2D eigenvalue weighted by Crippen LogP contribution is 2.34. The Morgan fingerprint density at radius 2 is 1.86 bits per heavy atom. The Labute approximate surface area is 168 Å². The van der Waals surface area contributed by atoms with Crippen molar-refractivity contribution in [1.82, 2.24) is 9.78 Å². The van der Waals surface area contributed by atoms with Crippen LogP contribution in [0.5, 0.6) is 0 Å². The molecule has 0 saturated carbocycles. The zero-order chi connectivity index (χ0) is 20.3. The molecule has 0 aliphatic heterocycles. The number of alkyl halides is 3. The minimum Gasteiger partial charge on any atom is -0.323 e. The molecule has 3 aromatic rings. The third-order valence-corrected chi connectivity index (χ3v) is 5.02. The number of nitrogens with zero attached hydrogens (tertiary/aromatic N) is 2. The van der Waals surface area contributed by atoms with E-state index in [1.54, 1.807) is 24.3 Å². The number of rotatable bonds is 5. The van der Waals surface area contributed by atoms with Crippen molar-refractivity contribution in [3.8, 4) is 0 Å². The molecule has 0 spiro atoms. The highest BCUT2D eigenvalue weighted by atomic mass is 35.5. The number of aromatic nitrogens is 2. The van der Waals surface area contributed by atoms with E-state index in [4.69, 9.17) is 11.6 Å². The van der Waals surface area contributed by atoms with Gasteiger partial charge in [0.2, 0.25) is 5.91 Å². The van der Waals surface area contributed by atoms with Gasteiger partial charge in [0, 0.05) is 14.8 Å². The Morgan fingerprint density at radius 1 is 1.18 bits per heavy atom. The molecule has 1 heterocycles. The second kappa shape index (κ2) is 8.28. The van der Waals surface area contributed by atoms with Crippen LogP contribution in [-0.2, 0) is 17.5 Å². The summed E-state index contributed by atoms with van der Waals surface area (Å²) in [5.74, 6) is -0.599. The maximum absolute atomic E-state index is 13.1. The fraction of sp³-hybridized carbons (Fsp3) is 0.158. The van der Waals surface area contributed by atoms with Gasteiger partial charge < -0.3 is 5.32 Å². The van der Waals surface area contributed by atoms with E-state index < -0.39 is 24.3 Å². The van der Waals surface area contributed by atoms with Gasteiger partial charge in [-0.15, -0.1) is 0 Å². The predicted molar refractivity (Wildman–Crippen MR) is 103 cm³/mol. The molecule has 0 fully saturated rings. The number of hydrogen-bond acceptors (Lipinski definition) is 3. The quantitative estimate of drug-likeness (QED) is 0.574. The number of halogens is 4. The lowest BCUT2D eigenvalue weighted by molar-refractivity contribution is -0.144. The third-order valence-electron chi connectivity index (χ3n) is 3.69. The summed E-state index contributed by atoms with van der Waals surface area (Å²) >= 11 is 7.29. The third kappa shape index (κ3) is 5.08. The number of hydrogen-bond donors (Lipinski definition) is 1. The van der Waals surface area contributed by atoms with E-state index in [-0.39, 0.29) is 5.69 Å². The summed E-state index contributed by atoms with van der Waals surface area (Å²) in [6.07, 6.45) is -4.58. The SMILES string of the molecule is Cc1cc(C(F)(F)F)n(CC(=O)Nc2ccccc2Sc2ccc(Cl)cc2)n1. The smallest absolute Gasteiger partial charge is 0.323 e. The molecule has 1 aromatic heterocycles. The van der Waals surface area contributed by atoms with Crippen molar-refractivity contribution in [3.05, 3.63) is 71.0 Å². The summed E-state index contributed by atoms with van der Waals surface area (Å²) in [7, 11) is 0. The van der Waals surface area contributed by atoms with Gasteiger partial charge in [0.25, 0.3) is 0 Å². The van der Waals surface area contributed by atoms with Crippen molar-refractivity contribution in [1.29, 1.82) is 0 Å². The van der Waals surface area contributed by atoms with Gasteiger partial charge in [-0.05, 0) is 49.4 Å². The zero-order valence-electron chi connectivity index (χ0n) is 14.6. The normalized spacial score (nSPS) is 11.5. The summed E-state index contributed by atoms with van der Waals surface area (Å²) in [6, 6.07) is 15.2. The van der Waals surface area contributed by atoms with Gasteiger partial charge in [-0.1, -0.05) is 35.5 Å². The van der Waals surface area contributed by atoms with E-state index in [2.05, 4.69) is 10.4 Å². The van der Waals surface area contributed by atoms with Crippen molar-refractivity contribution in [2.24, 2.45) is 0 Å². The van der Waals surface area contributed by atoms with Gasteiger partial charge in [-0.3, -0.25) is 9.48 Å². The van der Waals surface area contributed by atoms with Crippen LogP contribution in [-0.4, -0.2) is 15.7 Å². The predicted octanol–water partition coefficient (Wildman–Crippen LogP) is 5.65. The molecule has 0 atom stereocenters. The topological polar surface area (TPSA) is 46.9 Å². The Kier molecular flexibility index (Phi) is 6.00. The van der Waals surface area contributed by atoms with Crippen LogP contribution in [0, 0.1) is 6.92 Å². The average molecular weight is 426 g/mol. The van der Waals surface area contributed by atoms with Crippen LogP contribution in [0.15, 0.2) is 64.4 Å². The Balaban J connectivity index is 1.76. The maximum atomic E-state index is 13.1. The number of anilines is 1. The number of carbonyl (C=O) groups is 1. The lowest BCUT2D eigenvalue weighted by atomic mass is 10.3. The minimum atomic E-state index is -4.58. The van der Waals surface area contributed by atoms with E-state index in [1.165, 1.54) is 18.7 Å². The molecular weight excluding hydrogens is 411 g/mol. The van der Waals surface area contributed by atoms with Crippen LogP contribution >= 0.6 is 23.4 Å². The first-order valence-corrected chi connectivity index (χ1v) is 9.36. The summed E-state index contributed by atoms with van der Waals surface area (Å²) < 4.78 is 39.9. The van der Waals surface area contributed by atoms with Crippen LogP contribution in [0.1, 0.15) is 11.4 Å². The minimum absolute atomic E-state index is 0.193. The van der Waals surface area contributed by atoms with Crippen molar-refractivity contribution < 1.29 is 18.0 Å². The standard InChI is InChI=1S/C19H15ClF3N3OS/c1-12-10-17(19(21,22)23)26(25-12)11-18(27)24-15-4-2-3-5-16(15)28-14-8-6-13(20)7-9-14/h2-10H,11H2,1H3,(H,24,27). The number of amides is 1. The van der Waals surface area contributed by atoms with Crippen molar-refractivity contribution in [2.45, 2.75) is 29.4 Å². The molecule has 1 N–H and O–H groups in total. The second-order valence-electron chi connectivity index (χ2n) is 5.93. The first kappa shape index (κ1) is 20.3. The molecule has 146 valence electrons. The van der Waals surface area contributed by atoms with E-state index in [1.807, 2.05) is 24.3 Å². The van der Waals surface area contributed by atoms with Gasteiger partial charge in [-0.25, -0.2) is 0 Å². The van der Waals surface area contributed by atoms with Gasteiger partial charge in [-0.2, -0.15) is 18.3 Å². The lowest BCUT2D eigenvalue weighted by Gasteiger charge is -2.13. The fourth-order valence-electron chi connectivity index (χ4n) is 2.51. The Morgan fingerprint density at radius 3 is 2.54 bits per heavy atom. The molecule has 0 unspecified atom stereocenters. The van der Waals surface area contributed by atoms with Gasteiger partial charge in [0.05, 0.1) is 11.4 Å². The molecular formula is C19H15ClF3N3OS. The summed E-state index contributed by atoms with van der Waals surface area (Å²) in [5, 5.41) is 7.05. The van der Waals surface area contributed by atoms with Crippen molar-refractivity contribution in [2.75, 3.05) is 5.32 Å². The molecule has 28 heavy (non-hydrogen) atoms. The first-order valence-electron chi connectivity index (χ1n) is 8.16. The maximum Gasteiger partial charge on any atom is 0.433 e. The van der Waals surface area contributed by atoms with Gasteiger partial charge >= 0.3 is 6.18 Å². The molecule has 3 rings (SSSR count). The molecule has 9 heteroatoms. The molecule has 0 radical (unpaired) electrons. The van der Waals surface area contributed by atoms with E-state index in [0.717, 1.165) is 15.9 Å². The monoisotopic (exact) mass is 425 g/mol. The van der Waals surface area contributed by atoms with E-state index in [0.29, 0.717) is 15.4 Å². The molecule has 0 aliphatic carbocycles. The Bertz CT molecular complexity index is 987. The van der Waals surface area contributed by atoms with Crippen molar-refractivity contribution >= 4 is 35.0 Å². The average Bonchev–Trinajstić information content (AvgIpc) is 2.99. The van der Waals surface area contributed by atoms with Gasteiger partial charge in [0.1, 0.15) is 12.2 Å². The van der Waals surface area contributed by atoms with Gasteiger partial charge in [0.15, 0.2) is 0 Å². The number of carbonyl (C=O) groups excluding carboxylic acids is 1. The molecule has 0 aliphatic rings. The number of aryl methyl sites for hydroxylation is 1. The molecule has 4 nitrogen and oxygen atoms in total. The number of para-hydroxylation sites is 1. The lowest BCUT2D eigenvalue weighted by Crippen LogP contribution is -2.23. The summed E-state index contributed by atoms with van der Waals surface area (Å²) in [6.45, 7) is 0.907. The zero-order valence-corrected chi connectivity index (χ0v) is 16.2. The summed E-state index contributed by atoms with van der Waals surface area (Å²) in [5.41, 5.74) is -0.257. The molecule has 0 bridgehead atoms.